The summed E-state index contributed by atoms with van der Waals surface area (Å²) in [5.74, 6) is 1.34. The SMILES string of the molecule is CCN(CC)C(N)=NC1CC(c2ccc(Br)cc2)C1. The van der Waals surface area contributed by atoms with Crippen molar-refractivity contribution < 1.29 is 0 Å². The zero-order valence-corrected chi connectivity index (χ0v) is 13.2. The molecule has 0 unspecified atom stereocenters. The second kappa shape index (κ2) is 6.42. The topological polar surface area (TPSA) is 41.6 Å². The normalized spacial score (nSPS) is 23.0. The first kappa shape index (κ1) is 14.4. The number of hydrogen-bond acceptors (Lipinski definition) is 1. The Kier molecular flexibility index (Phi) is 4.86. The number of rotatable bonds is 4. The highest BCUT2D eigenvalue weighted by molar-refractivity contribution is 9.10. The molecule has 0 aliphatic heterocycles. The summed E-state index contributed by atoms with van der Waals surface area (Å²) in [5.41, 5.74) is 7.44. The molecular weight excluding hydrogens is 302 g/mol. The van der Waals surface area contributed by atoms with Crippen LogP contribution in [-0.4, -0.2) is 30.0 Å². The standard InChI is InChI=1S/C15H22BrN3/c1-3-19(4-2)15(17)18-14-9-12(10-14)11-5-7-13(16)8-6-11/h5-8,12,14H,3-4,9-10H2,1-2H3,(H2,17,18). The summed E-state index contributed by atoms with van der Waals surface area (Å²) in [6.45, 7) is 6.07. The van der Waals surface area contributed by atoms with E-state index in [1.165, 1.54) is 5.56 Å². The Morgan fingerprint density at radius 2 is 1.84 bits per heavy atom. The molecule has 19 heavy (non-hydrogen) atoms. The molecule has 2 N–H and O–H groups in total. The van der Waals surface area contributed by atoms with Crippen LogP contribution in [0.3, 0.4) is 0 Å². The van der Waals surface area contributed by atoms with Crippen molar-refractivity contribution in [3.63, 3.8) is 0 Å². The van der Waals surface area contributed by atoms with Crippen LogP contribution in [0.1, 0.15) is 38.2 Å². The lowest BCUT2D eigenvalue weighted by Gasteiger charge is -2.34. The Hall–Kier alpha value is -1.03. The van der Waals surface area contributed by atoms with Gasteiger partial charge in [0.2, 0.25) is 0 Å². The molecule has 1 saturated carbocycles. The summed E-state index contributed by atoms with van der Waals surface area (Å²) >= 11 is 3.47. The minimum absolute atomic E-state index is 0.397. The number of halogens is 1. The lowest BCUT2D eigenvalue weighted by atomic mass is 9.76. The molecule has 0 aromatic heterocycles. The van der Waals surface area contributed by atoms with E-state index in [0.29, 0.717) is 17.9 Å². The van der Waals surface area contributed by atoms with Crippen molar-refractivity contribution in [2.24, 2.45) is 10.7 Å². The lowest BCUT2D eigenvalue weighted by molar-refractivity contribution is 0.346. The Bertz CT molecular complexity index is 431. The van der Waals surface area contributed by atoms with Crippen molar-refractivity contribution in [1.29, 1.82) is 0 Å². The second-order valence-electron chi connectivity index (χ2n) is 5.03. The monoisotopic (exact) mass is 323 g/mol. The molecule has 1 aromatic rings. The van der Waals surface area contributed by atoms with E-state index in [4.69, 9.17) is 5.73 Å². The summed E-state index contributed by atoms with van der Waals surface area (Å²) in [6, 6.07) is 9.01. The van der Waals surface area contributed by atoms with E-state index >= 15 is 0 Å². The van der Waals surface area contributed by atoms with Crippen LogP contribution < -0.4 is 5.73 Å². The summed E-state index contributed by atoms with van der Waals surface area (Å²) < 4.78 is 1.14. The van der Waals surface area contributed by atoms with Gasteiger partial charge in [0.05, 0.1) is 6.04 Å². The first-order valence-corrected chi connectivity index (χ1v) is 7.77. The molecule has 1 aromatic carbocycles. The highest BCUT2D eigenvalue weighted by Crippen LogP contribution is 2.39. The van der Waals surface area contributed by atoms with Gasteiger partial charge in [-0.3, -0.25) is 0 Å². The summed E-state index contributed by atoms with van der Waals surface area (Å²) in [7, 11) is 0. The molecule has 0 amide bonds. The molecule has 1 aliphatic rings. The number of hydrogen-bond donors (Lipinski definition) is 1. The van der Waals surface area contributed by atoms with Crippen LogP contribution in [0.25, 0.3) is 0 Å². The van der Waals surface area contributed by atoms with Gasteiger partial charge >= 0.3 is 0 Å². The first-order chi connectivity index (χ1) is 9.13. The van der Waals surface area contributed by atoms with Gasteiger partial charge in [-0.1, -0.05) is 28.1 Å². The van der Waals surface area contributed by atoms with Crippen molar-refractivity contribution in [2.75, 3.05) is 13.1 Å². The average molecular weight is 324 g/mol. The Labute approximate surface area is 124 Å². The molecule has 4 heteroatoms. The first-order valence-electron chi connectivity index (χ1n) is 6.97. The van der Waals surface area contributed by atoms with Gasteiger partial charge in [0.25, 0.3) is 0 Å². The van der Waals surface area contributed by atoms with Crippen LogP contribution >= 0.6 is 15.9 Å². The molecule has 3 nitrogen and oxygen atoms in total. The van der Waals surface area contributed by atoms with Crippen molar-refractivity contribution >= 4 is 21.9 Å². The van der Waals surface area contributed by atoms with E-state index < -0.39 is 0 Å². The highest BCUT2D eigenvalue weighted by Gasteiger charge is 2.30. The molecule has 0 atom stereocenters. The maximum Gasteiger partial charge on any atom is 0.191 e. The zero-order valence-electron chi connectivity index (χ0n) is 11.6. The van der Waals surface area contributed by atoms with Crippen LogP contribution in [0.5, 0.6) is 0 Å². The van der Waals surface area contributed by atoms with Crippen LogP contribution in [0, 0.1) is 0 Å². The molecular formula is C15H22BrN3. The number of benzene rings is 1. The van der Waals surface area contributed by atoms with E-state index in [1.807, 2.05) is 0 Å². The molecule has 0 bridgehead atoms. The van der Waals surface area contributed by atoms with E-state index in [9.17, 15) is 0 Å². The molecule has 104 valence electrons. The maximum atomic E-state index is 6.02. The van der Waals surface area contributed by atoms with E-state index in [2.05, 4.69) is 63.9 Å². The molecule has 1 aliphatic carbocycles. The minimum Gasteiger partial charge on any atom is -0.370 e. The van der Waals surface area contributed by atoms with Crippen LogP contribution in [0.4, 0.5) is 0 Å². The third-order valence-electron chi connectivity index (χ3n) is 3.86. The average Bonchev–Trinajstić information content (AvgIpc) is 2.36. The van der Waals surface area contributed by atoms with Crippen molar-refractivity contribution in [3.8, 4) is 0 Å². The van der Waals surface area contributed by atoms with Gasteiger partial charge in [-0.05, 0) is 50.3 Å². The van der Waals surface area contributed by atoms with Gasteiger partial charge in [-0.15, -0.1) is 0 Å². The van der Waals surface area contributed by atoms with Crippen LogP contribution in [0.15, 0.2) is 33.7 Å². The van der Waals surface area contributed by atoms with Crippen LogP contribution in [0.2, 0.25) is 0 Å². The molecule has 1 fully saturated rings. The summed E-state index contributed by atoms with van der Waals surface area (Å²) in [5, 5.41) is 0. The van der Waals surface area contributed by atoms with Gasteiger partial charge in [-0.2, -0.15) is 0 Å². The fraction of sp³-hybridized carbons (Fsp3) is 0.533. The van der Waals surface area contributed by atoms with Gasteiger partial charge in [0, 0.05) is 17.6 Å². The van der Waals surface area contributed by atoms with Gasteiger partial charge in [0.15, 0.2) is 5.96 Å². The number of nitrogens with two attached hydrogens (primary N) is 1. The predicted molar refractivity (Wildman–Crippen MR) is 84.4 cm³/mol. The van der Waals surface area contributed by atoms with Crippen molar-refractivity contribution in [3.05, 3.63) is 34.3 Å². The zero-order chi connectivity index (χ0) is 13.8. The van der Waals surface area contributed by atoms with Gasteiger partial charge < -0.3 is 10.6 Å². The smallest absolute Gasteiger partial charge is 0.191 e. The largest absolute Gasteiger partial charge is 0.370 e. The number of guanidine groups is 1. The number of aliphatic imine (C=N–C) groups is 1. The second-order valence-corrected chi connectivity index (χ2v) is 5.95. The molecule has 0 spiro atoms. The van der Waals surface area contributed by atoms with Crippen molar-refractivity contribution in [1.82, 2.24) is 4.90 Å². The Morgan fingerprint density at radius 3 is 2.37 bits per heavy atom. The predicted octanol–water partition coefficient (Wildman–Crippen LogP) is 3.35. The third kappa shape index (κ3) is 3.50. The molecule has 0 heterocycles. The van der Waals surface area contributed by atoms with E-state index in [-0.39, 0.29) is 0 Å². The minimum atomic E-state index is 0.397. The molecule has 2 rings (SSSR count). The third-order valence-corrected chi connectivity index (χ3v) is 4.39. The Morgan fingerprint density at radius 1 is 1.26 bits per heavy atom. The summed E-state index contributed by atoms with van der Waals surface area (Å²) in [4.78, 5) is 6.73. The Balaban J connectivity index is 1.89. The molecule has 0 radical (unpaired) electrons. The van der Waals surface area contributed by atoms with Gasteiger partial charge in [0.1, 0.15) is 0 Å². The lowest BCUT2D eigenvalue weighted by Crippen LogP contribution is -2.39. The quantitative estimate of drug-likeness (QED) is 0.682. The fourth-order valence-electron chi connectivity index (χ4n) is 2.52. The van der Waals surface area contributed by atoms with E-state index in [1.54, 1.807) is 0 Å². The molecule has 0 saturated heterocycles. The number of nitrogens with zero attached hydrogens (tertiary/aromatic N) is 2. The maximum absolute atomic E-state index is 6.02. The fourth-order valence-corrected chi connectivity index (χ4v) is 2.78. The van der Waals surface area contributed by atoms with Gasteiger partial charge in [-0.25, -0.2) is 4.99 Å². The van der Waals surface area contributed by atoms with Crippen LogP contribution in [-0.2, 0) is 0 Å². The van der Waals surface area contributed by atoms with E-state index in [0.717, 1.165) is 30.4 Å². The van der Waals surface area contributed by atoms with Crippen molar-refractivity contribution in [2.45, 2.75) is 38.6 Å². The summed E-state index contributed by atoms with van der Waals surface area (Å²) in [6.07, 6.45) is 2.23. The highest BCUT2D eigenvalue weighted by atomic mass is 79.9.